The molecule has 3 rings (SSSR count). The number of rotatable bonds is 8. The summed E-state index contributed by atoms with van der Waals surface area (Å²) in [7, 11) is 3.54. The summed E-state index contributed by atoms with van der Waals surface area (Å²) >= 11 is 0. The van der Waals surface area contributed by atoms with Gasteiger partial charge in [0, 0.05) is 46.0 Å². The van der Waals surface area contributed by atoms with Crippen molar-refractivity contribution < 1.29 is 13.9 Å². The van der Waals surface area contributed by atoms with Gasteiger partial charge in [0.15, 0.2) is 5.96 Å². The van der Waals surface area contributed by atoms with Crippen molar-refractivity contribution in [2.75, 3.05) is 40.5 Å². The monoisotopic (exact) mass is 528 g/mol. The predicted octanol–water partition coefficient (Wildman–Crippen LogP) is 3.86. The molecule has 1 aromatic heterocycles. The number of hydrogen-bond donors (Lipinski definition) is 1. The highest BCUT2D eigenvalue weighted by molar-refractivity contribution is 14.0. The van der Waals surface area contributed by atoms with Crippen molar-refractivity contribution in [3.63, 3.8) is 0 Å². The minimum Gasteiger partial charge on any atom is -0.444 e. The van der Waals surface area contributed by atoms with Crippen LogP contribution in [0.1, 0.15) is 30.5 Å². The maximum Gasteiger partial charge on any atom is 0.226 e. The first-order chi connectivity index (χ1) is 14.2. The second-order valence-electron chi connectivity index (χ2n) is 7.31. The predicted molar refractivity (Wildman–Crippen MR) is 129 cm³/mol. The van der Waals surface area contributed by atoms with Gasteiger partial charge in [-0.15, -0.1) is 24.0 Å². The zero-order chi connectivity index (χ0) is 20.5. The van der Waals surface area contributed by atoms with E-state index in [9.17, 15) is 0 Å². The topological polar surface area (TPSA) is 72.1 Å². The molecule has 2 heterocycles. The number of hydrogen-bond acceptors (Lipinski definition) is 5. The molecule has 0 spiro atoms. The van der Waals surface area contributed by atoms with Crippen LogP contribution in [0.5, 0.6) is 0 Å². The van der Waals surface area contributed by atoms with Crippen LogP contribution in [0.25, 0.3) is 11.5 Å². The number of methoxy groups -OCH3 is 1. The molecule has 0 amide bonds. The van der Waals surface area contributed by atoms with E-state index in [0.717, 1.165) is 62.8 Å². The Hall–Kier alpha value is -1.65. The maximum absolute atomic E-state index is 5.94. The molecule has 1 aliphatic heterocycles. The first kappa shape index (κ1) is 24.6. The van der Waals surface area contributed by atoms with Crippen molar-refractivity contribution >= 4 is 29.9 Å². The average Bonchev–Trinajstić information content (AvgIpc) is 3.22. The van der Waals surface area contributed by atoms with Gasteiger partial charge in [-0.1, -0.05) is 17.7 Å². The van der Waals surface area contributed by atoms with Crippen molar-refractivity contribution in [1.82, 2.24) is 15.2 Å². The van der Waals surface area contributed by atoms with E-state index >= 15 is 0 Å². The summed E-state index contributed by atoms with van der Waals surface area (Å²) in [5, 5.41) is 3.40. The van der Waals surface area contributed by atoms with E-state index in [4.69, 9.17) is 13.9 Å². The third kappa shape index (κ3) is 7.24. The van der Waals surface area contributed by atoms with Crippen LogP contribution >= 0.6 is 24.0 Å². The minimum atomic E-state index is 0. The van der Waals surface area contributed by atoms with Gasteiger partial charge < -0.3 is 24.1 Å². The molecule has 1 N–H and O–H groups in total. The molecule has 0 radical (unpaired) electrons. The van der Waals surface area contributed by atoms with Gasteiger partial charge in [0.1, 0.15) is 6.26 Å². The summed E-state index contributed by atoms with van der Waals surface area (Å²) in [6, 6.07) is 8.17. The molecule has 8 heteroatoms. The lowest BCUT2D eigenvalue weighted by Gasteiger charge is -2.34. The third-order valence-electron chi connectivity index (χ3n) is 5.08. The molecule has 1 aromatic carbocycles. The van der Waals surface area contributed by atoms with Crippen molar-refractivity contribution in [1.29, 1.82) is 0 Å². The molecule has 7 nitrogen and oxygen atoms in total. The molecule has 166 valence electrons. The average molecular weight is 528 g/mol. The number of likely N-dealkylation sites (tertiary alicyclic amines) is 1. The lowest BCUT2D eigenvalue weighted by atomic mass is 10.1. The molecule has 0 saturated carbocycles. The van der Waals surface area contributed by atoms with E-state index in [-0.39, 0.29) is 24.0 Å². The van der Waals surface area contributed by atoms with Gasteiger partial charge in [0.2, 0.25) is 5.89 Å². The second-order valence-corrected chi connectivity index (χ2v) is 7.31. The molecule has 30 heavy (non-hydrogen) atoms. The Morgan fingerprint density at radius 3 is 2.63 bits per heavy atom. The minimum absolute atomic E-state index is 0. The van der Waals surface area contributed by atoms with Crippen LogP contribution in [0.15, 0.2) is 39.9 Å². The van der Waals surface area contributed by atoms with E-state index < -0.39 is 0 Å². The zero-order valence-corrected chi connectivity index (χ0v) is 20.4. The molecule has 1 saturated heterocycles. The van der Waals surface area contributed by atoms with Crippen LogP contribution in [-0.4, -0.2) is 62.4 Å². The van der Waals surface area contributed by atoms with Gasteiger partial charge in [0.25, 0.3) is 0 Å². The Bertz CT molecular complexity index is 771. The quantitative estimate of drug-likeness (QED) is 0.243. The van der Waals surface area contributed by atoms with Crippen molar-refractivity contribution in [2.45, 2.75) is 38.8 Å². The molecule has 0 aliphatic carbocycles. The fourth-order valence-electron chi connectivity index (χ4n) is 3.41. The van der Waals surface area contributed by atoms with Gasteiger partial charge >= 0.3 is 0 Å². The molecular formula is C22H33IN4O3. The summed E-state index contributed by atoms with van der Waals surface area (Å²) in [5.74, 6) is 1.53. The largest absolute Gasteiger partial charge is 0.444 e. The van der Waals surface area contributed by atoms with Gasteiger partial charge in [-0.3, -0.25) is 4.99 Å². The summed E-state index contributed by atoms with van der Waals surface area (Å²) in [5.41, 5.74) is 3.06. The number of nitrogens with one attached hydrogen (secondary N) is 1. The number of guanidine groups is 1. The van der Waals surface area contributed by atoms with Crippen LogP contribution in [-0.2, 0) is 16.0 Å². The van der Waals surface area contributed by atoms with Crippen molar-refractivity contribution in [2.24, 2.45) is 4.99 Å². The van der Waals surface area contributed by atoms with E-state index in [1.54, 1.807) is 13.4 Å². The molecular weight excluding hydrogens is 495 g/mol. The first-order valence-corrected chi connectivity index (χ1v) is 10.3. The highest BCUT2D eigenvalue weighted by Crippen LogP contribution is 2.19. The number of benzene rings is 1. The lowest BCUT2D eigenvalue weighted by Crippen LogP contribution is -2.46. The summed E-state index contributed by atoms with van der Waals surface area (Å²) in [6.45, 7) is 6.03. The van der Waals surface area contributed by atoms with Crippen molar-refractivity contribution in [3.8, 4) is 11.5 Å². The highest BCUT2D eigenvalue weighted by Gasteiger charge is 2.22. The number of ether oxygens (including phenoxy) is 2. The number of aliphatic imine (C=N–C) groups is 1. The standard InChI is InChI=1S/C22H32N4O3.HI/c1-17-5-7-18(8-6-17)21-25-19(16-29-21)15-24-22(23-2)26-11-9-20(10-12-26)28-14-4-13-27-3;/h5-8,16,20H,4,9-15H2,1-3H3,(H,23,24);1H. The normalized spacial score (nSPS) is 15.2. The van der Waals surface area contributed by atoms with Gasteiger partial charge in [-0.05, 0) is 38.3 Å². The lowest BCUT2D eigenvalue weighted by molar-refractivity contribution is 0.00989. The fraction of sp³-hybridized carbons (Fsp3) is 0.545. The molecule has 2 aromatic rings. The van der Waals surface area contributed by atoms with E-state index in [1.165, 1.54) is 5.56 Å². The third-order valence-corrected chi connectivity index (χ3v) is 5.08. The summed E-state index contributed by atoms with van der Waals surface area (Å²) < 4.78 is 16.6. The number of oxazole rings is 1. The Balaban J connectivity index is 0.00000320. The fourth-order valence-corrected chi connectivity index (χ4v) is 3.41. The van der Waals surface area contributed by atoms with Gasteiger partial charge in [0.05, 0.1) is 18.3 Å². The van der Waals surface area contributed by atoms with Crippen molar-refractivity contribution in [3.05, 3.63) is 41.8 Å². The summed E-state index contributed by atoms with van der Waals surface area (Å²) in [6.07, 6.45) is 5.00. The molecule has 0 bridgehead atoms. The molecule has 0 unspecified atom stereocenters. The van der Waals surface area contributed by atoms with E-state index in [0.29, 0.717) is 18.5 Å². The molecule has 1 fully saturated rings. The first-order valence-electron chi connectivity index (χ1n) is 10.3. The molecule has 1 aliphatic rings. The van der Waals surface area contributed by atoms with Crippen LogP contribution in [0.3, 0.4) is 0 Å². The highest BCUT2D eigenvalue weighted by atomic mass is 127. The van der Waals surface area contributed by atoms with Gasteiger partial charge in [-0.2, -0.15) is 0 Å². The van der Waals surface area contributed by atoms with Crippen LogP contribution in [0, 0.1) is 6.92 Å². The Labute approximate surface area is 196 Å². The number of nitrogens with zero attached hydrogens (tertiary/aromatic N) is 3. The van der Waals surface area contributed by atoms with Crippen LogP contribution < -0.4 is 5.32 Å². The number of halogens is 1. The number of piperidine rings is 1. The smallest absolute Gasteiger partial charge is 0.226 e. The summed E-state index contributed by atoms with van der Waals surface area (Å²) in [4.78, 5) is 11.3. The Morgan fingerprint density at radius 2 is 1.97 bits per heavy atom. The SMILES string of the molecule is CN=C(NCc1coc(-c2ccc(C)cc2)n1)N1CCC(OCCCOC)CC1.I. The van der Waals surface area contributed by atoms with Gasteiger partial charge in [-0.25, -0.2) is 4.98 Å². The Morgan fingerprint density at radius 1 is 1.23 bits per heavy atom. The second kappa shape index (κ2) is 12.9. The number of aromatic nitrogens is 1. The zero-order valence-electron chi connectivity index (χ0n) is 18.1. The van der Waals surface area contributed by atoms with Crippen LogP contribution in [0.2, 0.25) is 0 Å². The van der Waals surface area contributed by atoms with E-state index in [1.807, 2.05) is 19.2 Å². The van der Waals surface area contributed by atoms with E-state index in [2.05, 4.69) is 39.2 Å². The number of aryl methyl sites for hydroxylation is 1. The molecule has 0 atom stereocenters. The van der Waals surface area contributed by atoms with Crippen LogP contribution in [0.4, 0.5) is 0 Å². The maximum atomic E-state index is 5.94. The Kier molecular flexibility index (Phi) is 10.6.